The van der Waals surface area contributed by atoms with Gasteiger partial charge in [0, 0.05) is 32.9 Å². The summed E-state index contributed by atoms with van der Waals surface area (Å²) in [7, 11) is 0. The van der Waals surface area contributed by atoms with Crippen LogP contribution in [-0.4, -0.2) is 9.97 Å². The molecule has 10 rings (SSSR count). The van der Waals surface area contributed by atoms with Crippen LogP contribution >= 0.6 is 0 Å². The van der Waals surface area contributed by atoms with Crippen LogP contribution in [0.15, 0.2) is 162 Å². The van der Waals surface area contributed by atoms with Gasteiger partial charge in [-0.3, -0.25) is 0 Å². The normalized spacial score (nSPS) is 13.2. The lowest BCUT2D eigenvalue weighted by Gasteiger charge is -2.23. The van der Waals surface area contributed by atoms with Crippen LogP contribution in [0.4, 0.5) is 0 Å². The zero-order valence-corrected chi connectivity index (χ0v) is 27.8. The number of nitrogens with zero attached hydrogens (tertiary/aromatic N) is 2. The Labute approximate surface area is 290 Å². The summed E-state index contributed by atoms with van der Waals surface area (Å²) in [6.07, 6.45) is 0. The first kappa shape index (κ1) is 28.7. The molecule has 50 heavy (non-hydrogen) atoms. The van der Waals surface area contributed by atoms with Gasteiger partial charge in [-0.25, -0.2) is 9.97 Å². The second-order valence-corrected chi connectivity index (χ2v) is 13.8. The molecule has 0 aliphatic heterocycles. The molecule has 0 saturated carbocycles. The second kappa shape index (κ2) is 10.8. The number of fused-ring (bicyclic) bond motifs is 8. The molecule has 7 aromatic carbocycles. The second-order valence-electron chi connectivity index (χ2n) is 13.8. The molecule has 0 spiro atoms. The molecule has 3 heteroatoms. The number of benzene rings is 7. The van der Waals surface area contributed by atoms with Crippen LogP contribution < -0.4 is 0 Å². The highest BCUT2D eigenvalue weighted by molar-refractivity contribution is 6.09. The zero-order chi connectivity index (χ0) is 33.4. The minimum atomic E-state index is -0.135. The van der Waals surface area contributed by atoms with Crippen molar-refractivity contribution in [3.05, 3.63) is 169 Å². The highest BCUT2D eigenvalue weighted by Crippen LogP contribution is 2.53. The lowest BCUT2D eigenvalue weighted by atomic mass is 9.81. The summed E-state index contributed by atoms with van der Waals surface area (Å²) in [5, 5.41) is 4.71. The Morgan fingerprint density at radius 1 is 0.420 bits per heavy atom. The molecule has 2 heterocycles. The van der Waals surface area contributed by atoms with Crippen molar-refractivity contribution in [1.29, 1.82) is 0 Å². The quantitative estimate of drug-likeness (QED) is 0.192. The summed E-state index contributed by atoms with van der Waals surface area (Å²) >= 11 is 0. The van der Waals surface area contributed by atoms with E-state index in [0.717, 1.165) is 61.1 Å². The highest BCUT2D eigenvalue weighted by Gasteiger charge is 2.37. The van der Waals surface area contributed by atoms with Crippen LogP contribution in [-0.2, 0) is 5.41 Å². The van der Waals surface area contributed by atoms with E-state index in [1.54, 1.807) is 0 Å². The molecule has 0 fully saturated rings. The van der Waals surface area contributed by atoms with Gasteiger partial charge in [0.05, 0.1) is 11.4 Å². The molecule has 1 aliphatic rings. The summed E-state index contributed by atoms with van der Waals surface area (Å²) < 4.78 is 6.08. The molecule has 2 aromatic heterocycles. The van der Waals surface area contributed by atoms with Crippen molar-refractivity contribution in [2.45, 2.75) is 19.3 Å². The maximum Gasteiger partial charge on any atom is 0.160 e. The SMILES string of the molecule is CC1(C)c2ccccc2-c2c1cc(-c1cc(-c3ccc(-c4ccc5oc6ccccc6c5c4)cc3)nc(-c3ccccc3)n1)c1ccccc21. The van der Waals surface area contributed by atoms with E-state index < -0.39 is 0 Å². The van der Waals surface area contributed by atoms with Crippen LogP contribution in [0.3, 0.4) is 0 Å². The van der Waals surface area contributed by atoms with E-state index in [2.05, 4.69) is 141 Å². The summed E-state index contributed by atoms with van der Waals surface area (Å²) in [6.45, 7) is 4.68. The molecule has 1 aliphatic carbocycles. The summed E-state index contributed by atoms with van der Waals surface area (Å²) in [5.41, 5.74) is 14.3. The van der Waals surface area contributed by atoms with Crippen molar-refractivity contribution < 1.29 is 4.42 Å². The topological polar surface area (TPSA) is 38.9 Å². The summed E-state index contributed by atoms with van der Waals surface area (Å²) in [4.78, 5) is 10.4. The van der Waals surface area contributed by atoms with Crippen molar-refractivity contribution in [2.75, 3.05) is 0 Å². The van der Waals surface area contributed by atoms with Gasteiger partial charge < -0.3 is 4.42 Å². The molecule has 0 N–H and O–H groups in total. The minimum Gasteiger partial charge on any atom is -0.456 e. The van der Waals surface area contributed by atoms with Crippen molar-refractivity contribution in [2.24, 2.45) is 0 Å². The van der Waals surface area contributed by atoms with Crippen molar-refractivity contribution in [3.63, 3.8) is 0 Å². The number of hydrogen-bond acceptors (Lipinski definition) is 3. The van der Waals surface area contributed by atoms with E-state index in [0.29, 0.717) is 5.82 Å². The number of aromatic nitrogens is 2. The van der Waals surface area contributed by atoms with E-state index in [9.17, 15) is 0 Å². The van der Waals surface area contributed by atoms with Gasteiger partial charge in [0.15, 0.2) is 5.82 Å². The van der Waals surface area contributed by atoms with Gasteiger partial charge in [0.1, 0.15) is 11.2 Å². The number of furan rings is 1. The average molecular weight is 641 g/mol. The van der Waals surface area contributed by atoms with Gasteiger partial charge >= 0.3 is 0 Å². The molecule has 3 nitrogen and oxygen atoms in total. The molecule has 0 atom stereocenters. The fraction of sp³-hybridized carbons (Fsp3) is 0.0638. The predicted octanol–water partition coefficient (Wildman–Crippen LogP) is 12.5. The van der Waals surface area contributed by atoms with E-state index in [1.165, 1.54) is 33.0 Å². The molecule has 0 radical (unpaired) electrons. The summed E-state index contributed by atoms with van der Waals surface area (Å²) in [6, 6.07) is 55.8. The van der Waals surface area contributed by atoms with Crippen LogP contribution in [0.5, 0.6) is 0 Å². The van der Waals surface area contributed by atoms with Crippen molar-refractivity contribution in [3.8, 4) is 56.2 Å². The third-order valence-corrected chi connectivity index (χ3v) is 10.5. The average Bonchev–Trinajstić information content (AvgIpc) is 3.66. The first-order chi connectivity index (χ1) is 24.5. The van der Waals surface area contributed by atoms with Gasteiger partial charge in [0.25, 0.3) is 0 Å². The third-order valence-electron chi connectivity index (χ3n) is 10.5. The van der Waals surface area contributed by atoms with Crippen LogP contribution in [0, 0.1) is 0 Å². The summed E-state index contributed by atoms with van der Waals surface area (Å²) in [5.74, 6) is 0.714. The Bertz CT molecular complexity index is 2770. The molecule has 0 unspecified atom stereocenters. The van der Waals surface area contributed by atoms with E-state index in [1.807, 2.05) is 30.3 Å². The Morgan fingerprint density at radius 3 is 1.90 bits per heavy atom. The molecule has 0 saturated heterocycles. The Balaban J connectivity index is 1.13. The smallest absolute Gasteiger partial charge is 0.160 e. The van der Waals surface area contributed by atoms with E-state index >= 15 is 0 Å². The van der Waals surface area contributed by atoms with Crippen molar-refractivity contribution >= 4 is 32.7 Å². The Morgan fingerprint density at radius 2 is 1.06 bits per heavy atom. The van der Waals surface area contributed by atoms with Crippen molar-refractivity contribution in [1.82, 2.24) is 9.97 Å². The molecular formula is C47H32N2O. The zero-order valence-electron chi connectivity index (χ0n) is 27.8. The van der Waals surface area contributed by atoms with Gasteiger partial charge in [-0.15, -0.1) is 0 Å². The van der Waals surface area contributed by atoms with Gasteiger partial charge in [-0.2, -0.15) is 0 Å². The maximum absolute atomic E-state index is 6.08. The number of para-hydroxylation sites is 1. The van der Waals surface area contributed by atoms with Crippen LogP contribution in [0.25, 0.3) is 88.9 Å². The Kier molecular flexibility index (Phi) is 6.22. The van der Waals surface area contributed by atoms with Gasteiger partial charge in [-0.05, 0) is 74.5 Å². The third kappa shape index (κ3) is 4.37. The van der Waals surface area contributed by atoms with Crippen LogP contribution in [0.2, 0.25) is 0 Å². The monoisotopic (exact) mass is 640 g/mol. The fourth-order valence-electron chi connectivity index (χ4n) is 7.95. The van der Waals surface area contributed by atoms with E-state index in [4.69, 9.17) is 14.4 Å². The van der Waals surface area contributed by atoms with Gasteiger partial charge in [-0.1, -0.05) is 141 Å². The first-order valence-corrected chi connectivity index (χ1v) is 17.2. The Hall–Kier alpha value is -6.32. The molecule has 9 aromatic rings. The molecular weight excluding hydrogens is 609 g/mol. The predicted molar refractivity (Wildman–Crippen MR) is 206 cm³/mol. The fourth-order valence-corrected chi connectivity index (χ4v) is 7.95. The molecule has 236 valence electrons. The lowest BCUT2D eigenvalue weighted by Crippen LogP contribution is -2.15. The highest BCUT2D eigenvalue weighted by atomic mass is 16.3. The molecule has 0 bridgehead atoms. The standard InChI is InChI=1S/C47H32N2O/c1-47(2)39-18-10-8-17-36(39)45-35-16-7-6-14-33(35)37(27-40(45)47)42-28-41(48-46(49-42)31-12-4-3-5-13-31)30-22-20-29(21-23-30)32-24-25-44-38(26-32)34-15-9-11-19-43(34)50-44/h3-28H,1-2H3. The first-order valence-electron chi connectivity index (χ1n) is 17.2. The maximum atomic E-state index is 6.08. The largest absolute Gasteiger partial charge is 0.456 e. The van der Waals surface area contributed by atoms with Crippen LogP contribution in [0.1, 0.15) is 25.0 Å². The van der Waals surface area contributed by atoms with E-state index in [-0.39, 0.29) is 5.41 Å². The minimum absolute atomic E-state index is 0.135. The number of rotatable bonds is 4. The lowest BCUT2D eigenvalue weighted by molar-refractivity contribution is 0.661. The number of hydrogen-bond donors (Lipinski definition) is 0. The van der Waals surface area contributed by atoms with Gasteiger partial charge in [0.2, 0.25) is 0 Å². The molecule has 0 amide bonds.